The Labute approximate surface area is 170 Å². The largest absolute Gasteiger partial charge is 0.334 e. The molecule has 0 spiro atoms. The molecule has 4 rings (SSSR count). The molecule has 150 valence electrons. The highest BCUT2D eigenvalue weighted by Gasteiger charge is 2.27. The zero-order valence-electron chi connectivity index (χ0n) is 16.6. The molecular weight excluding hydrogens is 370 g/mol. The van der Waals surface area contributed by atoms with Crippen LogP contribution in [0.15, 0.2) is 24.3 Å². The number of benzene rings is 1. The molecule has 0 bridgehead atoms. The van der Waals surface area contributed by atoms with Crippen LogP contribution in [0.2, 0.25) is 0 Å². The lowest BCUT2D eigenvalue weighted by atomic mass is 9.91. The lowest BCUT2D eigenvalue weighted by Crippen LogP contribution is -2.38. The van der Waals surface area contributed by atoms with Crippen molar-refractivity contribution in [1.29, 1.82) is 0 Å². The summed E-state index contributed by atoms with van der Waals surface area (Å²) in [7, 11) is 0. The third-order valence-corrected chi connectivity index (χ3v) is 6.49. The van der Waals surface area contributed by atoms with Gasteiger partial charge in [0.05, 0.1) is 0 Å². The first-order valence-corrected chi connectivity index (χ1v) is 11.1. The number of likely N-dealkylation sites (tertiary alicyclic amines) is 1. The van der Waals surface area contributed by atoms with E-state index in [1.807, 2.05) is 6.07 Å². The molecule has 1 saturated heterocycles. The third kappa shape index (κ3) is 5.08. The molecule has 28 heavy (non-hydrogen) atoms. The second-order valence-corrected chi connectivity index (χ2v) is 9.45. The quantitative estimate of drug-likeness (QED) is 0.763. The van der Waals surface area contributed by atoms with Gasteiger partial charge in [-0.15, -0.1) is 10.2 Å². The smallest absolute Gasteiger partial charge is 0.321 e. The van der Waals surface area contributed by atoms with Crippen molar-refractivity contribution in [3.63, 3.8) is 0 Å². The maximum absolute atomic E-state index is 12.3. The summed E-state index contributed by atoms with van der Waals surface area (Å²) < 4.78 is 0. The Balaban J connectivity index is 1.32. The van der Waals surface area contributed by atoms with Crippen molar-refractivity contribution in [2.24, 2.45) is 11.8 Å². The Hall–Kier alpha value is -1.99. The molecule has 2 atom stereocenters. The van der Waals surface area contributed by atoms with Crippen molar-refractivity contribution in [3.8, 4) is 0 Å². The van der Waals surface area contributed by atoms with Gasteiger partial charge in [-0.1, -0.05) is 49.4 Å². The van der Waals surface area contributed by atoms with Crippen molar-refractivity contribution in [2.45, 2.75) is 52.1 Å². The van der Waals surface area contributed by atoms with E-state index in [9.17, 15) is 4.79 Å². The van der Waals surface area contributed by atoms with Crippen LogP contribution in [0.1, 0.15) is 55.2 Å². The van der Waals surface area contributed by atoms with Crippen molar-refractivity contribution in [3.05, 3.63) is 40.4 Å². The van der Waals surface area contributed by atoms with Crippen LogP contribution in [-0.2, 0) is 13.1 Å². The number of anilines is 1. The molecule has 2 amide bonds. The van der Waals surface area contributed by atoms with Gasteiger partial charge < -0.3 is 5.32 Å². The minimum Gasteiger partial charge on any atom is -0.334 e. The number of hydrogen-bond donors (Lipinski definition) is 2. The second-order valence-electron chi connectivity index (χ2n) is 8.44. The number of carbonyl (C=O) groups excluding carboxylic acids is 1. The number of nitrogens with zero attached hydrogens (tertiary/aromatic N) is 3. The maximum atomic E-state index is 12.3. The van der Waals surface area contributed by atoms with Gasteiger partial charge in [-0.2, -0.15) is 0 Å². The molecule has 2 N–H and O–H groups in total. The number of carbonyl (C=O) groups is 1. The molecule has 1 aromatic carbocycles. The van der Waals surface area contributed by atoms with Crippen LogP contribution in [0.4, 0.5) is 9.93 Å². The monoisotopic (exact) mass is 399 g/mol. The van der Waals surface area contributed by atoms with Gasteiger partial charge in [0.2, 0.25) is 5.13 Å². The van der Waals surface area contributed by atoms with E-state index in [1.165, 1.54) is 41.7 Å². The molecule has 2 aliphatic rings. The first kappa shape index (κ1) is 19.3. The molecule has 1 aliphatic heterocycles. The van der Waals surface area contributed by atoms with E-state index in [0.717, 1.165) is 36.5 Å². The summed E-state index contributed by atoms with van der Waals surface area (Å²) in [5.74, 6) is 2.04. The Kier molecular flexibility index (Phi) is 5.92. The van der Waals surface area contributed by atoms with Gasteiger partial charge >= 0.3 is 6.03 Å². The van der Waals surface area contributed by atoms with Gasteiger partial charge in [0.15, 0.2) is 0 Å². The van der Waals surface area contributed by atoms with Gasteiger partial charge in [-0.3, -0.25) is 10.2 Å². The van der Waals surface area contributed by atoms with Crippen molar-refractivity contribution < 1.29 is 4.79 Å². The zero-order valence-corrected chi connectivity index (χ0v) is 17.5. The van der Waals surface area contributed by atoms with Crippen molar-refractivity contribution in [1.82, 2.24) is 20.4 Å². The van der Waals surface area contributed by atoms with E-state index >= 15 is 0 Å². The van der Waals surface area contributed by atoms with Crippen LogP contribution >= 0.6 is 11.3 Å². The molecule has 7 heteroatoms. The third-order valence-electron chi connectivity index (χ3n) is 5.48. The van der Waals surface area contributed by atoms with Gasteiger partial charge in [0, 0.05) is 32.1 Å². The van der Waals surface area contributed by atoms with Crippen LogP contribution in [0.3, 0.4) is 0 Å². The SMILES string of the molecule is C[C@H]1C[C@H](C)CN(Cc2ccccc2CNC(=O)Nc2nnc(C3CC3)s2)C1. The van der Waals surface area contributed by atoms with Crippen LogP contribution in [0, 0.1) is 11.8 Å². The van der Waals surface area contributed by atoms with E-state index in [4.69, 9.17) is 0 Å². The molecule has 1 saturated carbocycles. The second kappa shape index (κ2) is 8.57. The highest BCUT2D eigenvalue weighted by Crippen LogP contribution is 2.42. The van der Waals surface area contributed by atoms with E-state index in [-0.39, 0.29) is 6.03 Å². The number of hydrogen-bond acceptors (Lipinski definition) is 5. The predicted molar refractivity (Wildman–Crippen MR) is 112 cm³/mol. The topological polar surface area (TPSA) is 70.2 Å². The van der Waals surface area contributed by atoms with Crippen LogP contribution in [0.25, 0.3) is 0 Å². The number of piperidine rings is 1. The first-order chi connectivity index (χ1) is 13.6. The van der Waals surface area contributed by atoms with Gasteiger partial charge in [0.1, 0.15) is 5.01 Å². The Morgan fingerprint density at radius 2 is 1.86 bits per heavy atom. The molecule has 1 aromatic heterocycles. The van der Waals surface area contributed by atoms with Crippen LogP contribution in [-0.4, -0.2) is 34.2 Å². The normalized spacial score (nSPS) is 22.8. The Bertz CT molecular complexity index is 809. The highest BCUT2D eigenvalue weighted by molar-refractivity contribution is 7.15. The predicted octanol–water partition coefficient (Wildman–Crippen LogP) is 4.22. The van der Waals surface area contributed by atoms with E-state index in [2.05, 4.69) is 57.8 Å². The fraction of sp³-hybridized carbons (Fsp3) is 0.571. The number of amides is 2. The summed E-state index contributed by atoms with van der Waals surface area (Å²) in [5, 5.41) is 15.6. The molecule has 6 nitrogen and oxygen atoms in total. The standard InChI is InChI=1S/C21H29N5OS/c1-14-9-15(2)12-26(11-14)13-18-6-4-3-5-17(18)10-22-20(27)23-21-25-24-19(28-21)16-7-8-16/h3-6,14-16H,7-13H2,1-2H3,(H2,22,23,25,27)/t14-,15-/m0/s1. The number of rotatable bonds is 6. The average molecular weight is 400 g/mol. The summed E-state index contributed by atoms with van der Waals surface area (Å²) in [6.45, 7) is 8.41. The van der Waals surface area contributed by atoms with Gasteiger partial charge in [0.25, 0.3) is 0 Å². The van der Waals surface area contributed by atoms with Crippen LogP contribution < -0.4 is 10.6 Å². The maximum Gasteiger partial charge on any atom is 0.321 e. The zero-order chi connectivity index (χ0) is 19.5. The molecule has 2 aromatic rings. The summed E-state index contributed by atoms with van der Waals surface area (Å²) in [5.41, 5.74) is 2.45. The molecular formula is C21H29N5OS. The van der Waals surface area contributed by atoms with Gasteiger partial charge in [-0.05, 0) is 42.2 Å². The van der Waals surface area contributed by atoms with Crippen molar-refractivity contribution >= 4 is 22.5 Å². The molecule has 1 aliphatic carbocycles. The minimum atomic E-state index is -0.228. The fourth-order valence-corrected chi connectivity index (χ4v) is 5.05. The molecule has 0 unspecified atom stereocenters. The summed E-state index contributed by atoms with van der Waals surface area (Å²) in [6, 6.07) is 8.16. The lowest BCUT2D eigenvalue weighted by molar-refractivity contribution is 0.134. The molecule has 2 heterocycles. The van der Waals surface area contributed by atoms with Gasteiger partial charge in [-0.25, -0.2) is 4.79 Å². The summed E-state index contributed by atoms with van der Waals surface area (Å²) in [4.78, 5) is 14.8. The van der Waals surface area contributed by atoms with Crippen molar-refractivity contribution in [2.75, 3.05) is 18.4 Å². The van der Waals surface area contributed by atoms with Crippen LogP contribution in [0.5, 0.6) is 0 Å². The van der Waals surface area contributed by atoms with E-state index in [1.54, 1.807) is 0 Å². The first-order valence-electron chi connectivity index (χ1n) is 10.2. The summed E-state index contributed by atoms with van der Waals surface area (Å²) >= 11 is 1.48. The Morgan fingerprint density at radius 3 is 2.57 bits per heavy atom. The Morgan fingerprint density at radius 1 is 1.14 bits per heavy atom. The number of aromatic nitrogens is 2. The minimum absolute atomic E-state index is 0.228. The molecule has 2 fully saturated rings. The lowest BCUT2D eigenvalue weighted by Gasteiger charge is -2.35. The fourth-order valence-electron chi connectivity index (χ4n) is 4.14. The van der Waals surface area contributed by atoms with E-state index < -0.39 is 0 Å². The van der Waals surface area contributed by atoms with E-state index in [0.29, 0.717) is 17.6 Å². The summed E-state index contributed by atoms with van der Waals surface area (Å²) in [6.07, 6.45) is 3.69. The average Bonchev–Trinajstić information content (AvgIpc) is 3.40. The highest BCUT2D eigenvalue weighted by atomic mass is 32.1. The molecule has 0 radical (unpaired) electrons. The number of nitrogens with one attached hydrogen (secondary N) is 2. The number of urea groups is 1.